The van der Waals surface area contributed by atoms with Crippen LogP contribution in [0.15, 0.2) is 46.1 Å². The molecule has 1 N–H and O–H groups in total. The SMILES string of the molecule is CCn1c(=O)c2cnc(Nc3ccc(C4CCN(C)CC4)c(C(F)(F)F)c3)nc2n1-c1ccc(=O)n(C(C)C)n1. The molecule has 1 fully saturated rings. The van der Waals surface area contributed by atoms with Crippen LogP contribution in [0.25, 0.3) is 16.9 Å². The van der Waals surface area contributed by atoms with Crippen LogP contribution in [0.5, 0.6) is 0 Å². The van der Waals surface area contributed by atoms with Crippen LogP contribution in [0.4, 0.5) is 24.8 Å². The third-order valence-electron chi connectivity index (χ3n) is 7.27. The van der Waals surface area contributed by atoms with Gasteiger partial charge in [-0.05, 0) is 83.4 Å². The molecule has 5 rings (SSSR count). The van der Waals surface area contributed by atoms with E-state index in [0.29, 0.717) is 24.2 Å². The van der Waals surface area contributed by atoms with Gasteiger partial charge in [0, 0.05) is 24.5 Å². The number of rotatable bonds is 6. The number of piperidine rings is 1. The molecule has 0 aliphatic carbocycles. The lowest BCUT2D eigenvalue weighted by Gasteiger charge is -2.30. The first-order chi connectivity index (χ1) is 19.0. The van der Waals surface area contributed by atoms with E-state index in [1.807, 2.05) is 20.9 Å². The number of anilines is 2. The first kappa shape index (κ1) is 27.6. The summed E-state index contributed by atoms with van der Waals surface area (Å²) in [6.07, 6.45) is -1.86. The molecule has 0 bridgehead atoms. The molecule has 1 aliphatic heterocycles. The summed E-state index contributed by atoms with van der Waals surface area (Å²) < 4.78 is 46.5. The molecule has 3 aromatic heterocycles. The van der Waals surface area contributed by atoms with E-state index in [4.69, 9.17) is 0 Å². The molecule has 0 saturated carbocycles. The highest BCUT2D eigenvalue weighted by Crippen LogP contribution is 2.40. The average Bonchev–Trinajstić information content (AvgIpc) is 3.19. The van der Waals surface area contributed by atoms with Crippen molar-refractivity contribution in [2.24, 2.45) is 0 Å². The molecular weight excluding hydrogens is 525 g/mol. The Morgan fingerprint density at radius 3 is 2.48 bits per heavy atom. The number of aromatic nitrogens is 6. The number of benzene rings is 1. The minimum absolute atomic E-state index is 0.0202. The zero-order chi connectivity index (χ0) is 28.8. The summed E-state index contributed by atoms with van der Waals surface area (Å²) in [4.78, 5) is 36.2. The van der Waals surface area contributed by atoms with Gasteiger partial charge >= 0.3 is 6.18 Å². The van der Waals surface area contributed by atoms with E-state index in [1.54, 1.807) is 13.0 Å². The summed E-state index contributed by atoms with van der Waals surface area (Å²) in [5.74, 6) is 0.153. The van der Waals surface area contributed by atoms with Crippen LogP contribution in [0.2, 0.25) is 0 Å². The summed E-state index contributed by atoms with van der Waals surface area (Å²) in [6, 6.07) is 6.86. The van der Waals surface area contributed by atoms with Gasteiger partial charge in [-0.15, -0.1) is 5.10 Å². The summed E-state index contributed by atoms with van der Waals surface area (Å²) >= 11 is 0. The van der Waals surface area contributed by atoms with E-state index < -0.39 is 11.7 Å². The molecule has 1 aliphatic rings. The molecule has 4 heterocycles. The van der Waals surface area contributed by atoms with Crippen LogP contribution in [-0.2, 0) is 12.7 Å². The normalized spacial score (nSPS) is 15.3. The Hall–Kier alpha value is -4.00. The Morgan fingerprint density at radius 2 is 1.82 bits per heavy atom. The largest absolute Gasteiger partial charge is 0.416 e. The topological polar surface area (TPSA) is 103 Å². The van der Waals surface area contributed by atoms with Crippen LogP contribution in [0.1, 0.15) is 56.7 Å². The lowest BCUT2D eigenvalue weighted by atomic mass is 9.86. The molecule has 40 heavy (non-hydrogen) atoms. The summed E-state index contributed by atoms with van der Waals surface area (Å²) in [5.41, 5.74) is -0.634. The Morgan fingerprint density at radius 1 is 1.10 bits per heavy atom. The Labute approximate surface area is 228 Å². The van der Waals surface area contributed by atoms with Crippen LogP contribution >= 0.6 is 0 Å². The molecule has 1 aromatic carbocycles. The van der Waals surface area contributed by atoms with Gasteiger partial charge in [0.25, 0.3) is 11.1 Å². The highest BCUT2D eigenvalue weighted by atomic mass is 19.4. The first-order valence-corrected chi connectivity index (χ1v) is 13.2. The van der Waals surface area contributed by atoms with Gasteiger partial charge in [0.2, 0.25) is 5.95 Å². The molecule has 10 nitrogen and oxygen atoms in total. The number of hydrogen-bond donors (Lipinski definition) is 1. The van der Waals surface area contributed by atoms with Crippen molar-refractivity contribution in [1.82, 2.24) is 34.0 Å². The van der Waals surface area contributed by atoms with Crippen molar-refractivity contribution in [3.63, 3.8) is 0 Å². The standard InChI is InChI=1S/C27H31F3N8O2/c1-5-36-25(40)20-15-31-26(33-24(20)38(36)22-8-9-23(39)37(34-22)16(2)3)32-18-6-7-19(21(14-18)27(28,29)30)17-10-12-35(4)13-11-17/h6-9,14-17H,5,10-13H2,1-4H3,(H,31,32,33). The van der Waals surface area contributed by atoms with Crippen LogP contribution in [0, 0.1) is 0 Å². The average molecular weight is 557 g/mol. The van der Waals surface area contributed by atoms with Crippen LogP contribution in [0.3, 0.4) is 0 Å². The second-order valence-corrected chi connectivity index (χ2v) is 10.3. The smallest absolute Gasteiger partial charge is 0.324 e. The molecule has 0 radical (unpaired) electrons. The number of alkyl halides is 3. The Kier molecular flexibility index (Phi) is 7.25. The summed E-state index contributed by atoms with van der Waals surface area (Å²) in [7, 11) is 1.97. The molecular formula is C27H31F3N8O2. The minimum Gasteiger partial charge on any atom is -0.324 e. The minimum atomic E-state index is -4.52. The first-order valence-electron chi connectivity index (χ1n) is 13.2. The fourth-order valence-electron chi connectivity index (χ4n) is 5.19. The maximum Gasteiger partial charge on any atom is 0.416 e. The number of likely N-dealkylation sites (tertiary alicyclic amines) is 1. The number of halogens is 3. The molecule has 0 atom stereocenters. The fourth-order valence-corrected chi connectivity index (χ4v) is 5.19. The van der Waals surface area contributed by atoms with Crippen molar-refractivity contribution in [3.8, 4) is 5.82 Å². The van der Waals surface area contributed by atoms with Crippen molar-refractivity contribution < 1.29 is 13.2 Å². The van der Waals surface area contributed by atoms with Crippen molar-refractivity contribution in [3.05, 3.63) is 68.4 Å². The van der Waals surface area contributed by atoms with Crippen molar-refractivity contribution in [2.45, 2.75) is 58.3 Å². The van der Waals surface area contributed by atoms with Crippen molar-refractivity contribution in [1.29, 1.82) is 0 Å². The molecule has 0 amide bonds. The van der Waals surface area contributed by atoms with Gasteiger partial charge in [0.05, 0.1) is 11.6 Å². The maximum absolute atomic E-state index is 14.1. The van der Waals surface area contributed by atoms with Gasteiger partial charge in [0.15, 0.2) is 11.5 Å². The third kappa shape index (κ3) is 5.12. The van der Waals surface area contributed by atoms with E-state index in [2.05, 4.69) is 25.3 Å². The number of hydrogen-bond acceptors (Lipinski definition) is 7. The Balaban J connectivity index is 1.56. The van der Waals surface area contributed by atoms with Gasteiger partial charge in [0.1, 0.15) is 5.39 Å². The lowest BCUT2D eigenvalue weighted by Crippen LogP contribution is -2.30. The maximum atomic E-state index is 14.1. The predicted octanol–water partition coefficient (Wildman–Crippen LogP) is 4.31. The van der Waals surface area contributed by atoms with Crippen molar-refractivity contribution in [2.75, 3.05) is 25.5 Å². The molecule has 0 unspecified atom stereocenters. The number of nitrogens with one attached hydrogen (secondary N) is 1. The quantitative estimate of drug-likeness (QED) is 0.378. The van der Waals surface area contributed by atoms with Crippen LogP contribution < -0.4 is 16.4 Å². The van der Waals surface area contributed by atoms with Gasteiger partial charge in [-0.2, -0.15) is 18.2 Å². The second-order valence-electron chi connectivity index (χ2n) is 10.3. The zero-order valence-corrected chi connectivity index (χ0v) is 22.7. The summed E-state index contributed by atoms with van der Waals surface area (Å²) in [6.45, 7) is 7.20. The van der Waals surface area contributed by atoms with E-state index in [9.17, 15) is 22.8 Å². The fraction of sp³-hybridized carbons (Fsp3) is 0.444. The van der Waals surface area contributed by atoms with E-state index >= 15 is 0 Å². The van der Waals surface area contributed by atoms with Crippen molar-refractivity contribution >= 4 is 22.7 Å². The number of nitrogens with zero attached hydrogens (tertiary/aromatic N) is 7. The third-order valence-corrected chi connectivity index (χ3v) is 7.27. The molecule has 1 saturated heterocycles. The monoisotopic (exact) mass is 556 g/mol. The van der Waals surface area contributed by atoms with E-state index in [1.165, 1.54) is 38.4 Å². The highest BCUT2D eigenvalue weighted by molar-refractivity contribution is 5.77. The molecule has 13 heteroatoms. The van der Waals surface area contributed by atoms with Gasteiger partial charge in [-0.3, -0.25) is 9.59 Å². The lowest BCUT2D eigenvalue weighted by molar-refractivity contribution is -0.138. The molecule has 0 spiro atoms. The second kappa shape index (κ2) is 10.5. The van der Waals surface area contributed by atoms with Gasteiger partial charge in [-0.1, -0.05) is 6.07 Å². The molecule has 212 valence electrons. The predicted molar refractivity (Wildman–Crippen MR) is 145 cm³/mol. The molecule has 4 aromatic rings. The van der Waals surface area contributed by atoms with Gasteiger partial charge < -0.3 is 10.2 Å². The Bertz CT molecular complexity index is 1660. The highest BCUT2D eigenvalue weighted by Gasteiger charge is 2.36. The van der Waals surface area contributed by atoms with Crippen LogP contribution in [-0.4, -0.2) is 54.1 Å². The zero-order valence-electron chi connectivity index (χ0n) is 22.7. The van der Waals surface area contributed by atoms with E-state index in [0.717, 1.165) is 19.2 Å². The van der Waals surface area contributed by atoms with Gasteiger partial charge in [-0.25, -0.2) is 19.0 Å². The summed E-state index contributed by atoms with van der Waals surface area (Å²) in [5, 5.41) is 7.52. The number of fused-ring (bicyclic) bond motifs is 1. The van der Waals surface area contributed by atoms with E-state index in [-0.39, 0.29) is 52.3 Å².